The Bertz CT molecular complexity index is 679. The van der Waals surface area contributed by atoms with Gasteiger partial charge in [-0.25, -0.2) is 4.68 Å². The number of hydrogen-bond acceptors (Lipinski definition) is 7. The Hall–Kier alpha value is -2.48. The maximum atomic E-state index is 4.39. The van der Waals surface area contributed by atoms with E-state index in [4.69, 9.17) is 0 Å². The number of aromatic nitrogens is 5. The van der Waals surface area contributed by atoms with E-state index in [0.717, 1.165) is 18.7 Å². The SMILES string of the molecule is CCCNc1nc(Nc2ccsc2)nc(-n2cccn2)n1. The van der Waals surface area contributed by atoms with Crippen molar-refractivity contribution < 1.29 is 0 Å². The first kappa shape index (κ1) is 13.5. The Morgan fingerprint density at radius 2 is 2.14 bits per heavy atom. The third-order valence-electron chi connectivity index (χ3n) is 2.64. The minimum absolute atomic E-state index is 0.478. The van der Waals surface area contributed by atoms with Gasteiger partial charge in [-0.2, -0.15) is 31.4 Å². The third-order valence-corrected chi connectivity index (χ3v) is 3.33. The summed E-state index contributed by atoms with van der Waals surface area (Å²) < 4.78 is 1.61. The van der Waals surface area contributed by atoms with Crippen LogP contribution >= 0.6 is 11.3 Å². The van der Waals surface area contributed by atoms with Gasteiger partial charge in [0.2, 0.25) is 11.9 Å². The Labute approximate surface area is 126 Å². The number of thiophene rings is 1. The highest BCUT2D eigenvalue weighted by Crippen LogP contribution is 2.17. The summed E-state index contributed by atoms with van der Waals surface area (Å²) in [6, 6.07) is 3.80. The third kappa shape index (κ3) is 3.34. The summed E-state index contributed by atoms with van der Waals surface area (Å²) in [5, 5.41) is 14.5. The van der Waals surface area contributed by atoms with Crippen LogP contribution in [0.15, 0.2) is 35.3 Å². The van der Waals surface area contributed by atoms with Crippen LogP contribution in [0.1, 0.15) is 13.3 Å². The van der Waals surface area contributed by atoms with Gasteiger partial charge in [0.1, 0.15) is 0 Å². The van der Waals surface area contributed by atoms with Crippen LogP contribution in [0, 0.1) is 0 Å². The van der Waals surface area contributed by atoms with E-state index in [1.54, 1.807) is 28.4 Å². The summed E-state index contributed by atoms with van der Waals surface area (Å²) >= 11 is 1.61. The van der Waals surface area contributed by atoms with Gasteiger partial charge in [-0.15, -0.1) is 0 Å². The maximum absolute atomic E-state index is 4.39. The quantitative estimate of drug-likeness (QED) is 0.728. The van der Waals surface area contributed by atoms with Gasteiger partial charge >= 0.3 is 0 Å². The number of anilines is 3. The Kier molecular flexibility index (Phi) is 4.06. The van der Waals surface area contributed by atoms with Gasteiger partial charge < -0.3 is 10.6 Å². The molecular weight excluding hydrogens is 286 g/mol. The Balaban J connectivity index is 1.92. The van der Waals surface area contributed by atoms with Gasteiger partial charge in [0.25, 0.3) is 5.95 Å². The van der Waals surface area contributed by atoms with Crippen molar-refractivity contribution in [1.82, 2.24) is 24.7 Å². The van der Waals surface area contributed by atoms with Crippen molar-refractivity contribution in [2.45, 2.75) is 13.3 Å². The second kappa shape index (κ2) is 6.31. The molecule has 0 aliphatic rings. The van der Waals surface area contributed by atoms with E-state index >= 15 is 0 Å². The molecule has 7 nitrogen and oxygen atoms in total. The van der Waals surface area contributed by atoms with Crippen LogP contribution in [0.25, 0.3) is 5.95 Å². The lowest BCUT2D eigenvalue weighted by molar-refractivity contribution is 0.796. The molecule has 0 unspecified atom stereocenters. The zero-order chi connectivity index (χ0) is 14.5. The van der Waals surface area contributed by atoms with Gasteiger partial charge in [0.15, 0.2) is 0 Å². The first-order valence-corrected chi connectivity index (χ1v) is 7.58. The maximum Gasteiger partial charge on any atom is 0.257 e. The molecule has 3 rings (SSSR count). The molecule has 0 aromatic carbocycles. The molecule has 0 aliphatic heterocycles. The van der Waals surface area contributed by atoms with Gasteiger partial charge in [-0.05, 0) is 23.9 Å². The monoisotopic (exact) mass is 301 g/mol. The molecule has 0 aliphatic carbocycles. The van der Waals surface area contributed by atoms with E-state index in [0.29, 0.717) is 17.8 Å². The van der Waals surface area contributed by atoms with E-state index < -0.39 is 0 Å². The lowest BCUT2D eigenvalue weighted by atomic mass is 10.5. The minimum Gasteiger partial charge on any atom is -0.354 e. The van der Waals surface area contributed by atoms with Crippen molar-refractivity contribution in [3.63, 3.8) is 0 Å². The Morgan fingerprint density at radius 3 is 2.86 bits per heavy atom. The van der Waals surface area contributed by atoms with Crippen LogP contribution in [0.4, 0.5) is 17.6 Å². The predicted octanol–water partition coefficient (Wildman–Crippen LogP) is 2.68. The van der Waals surface area contributed by atoms with E-state index in [1.807, 2.05) is 22.9 Å². The molecule has 2 N–H and O–H groups in total. The van der Waals surface area contributed by atoms with Gasteiger partial charge in [-0.3, -0.25) is 0 Å². The van der Waals surface area contributed by atoms with Crippen molar-refractivity contribution in [1.29, 1.82) is 0 Å². The fourth-order valence-corrected chi connectivity index (χ4v) is 2.28. The molecule has 3 aromatic rings. The van der Waals surface area contributed by atoms with Crippen LogP contribution in [0.2, 0.25) is 0 Å². The summed E-state index contributed by atoms with van der Waals surface area (Å²) in [6.07, 6.45) is 4.48. The normalized spacial score (nSPS) is 10.5. The van der Waals surface area contributed by atoms with Crippen LogP contribution in [-0.4, -0.2) is 31.3 Å². The van der Waals surface area contributed by atoms with Crippen molar-refractivity contribution in [2.75, 3.05) is 17.2 Å². The summed E-state index contributed by atoms with van der Waals surface area (Å²) in [5.74, 6) is 1.51. The molecule has 0 spiro atoms. The number of hydrogen-bond donors (Lipinski definition) is 2. The minimum atomic E-state index is 0.478. The van der Waals surface area contributed by atoms with Crippen LogP contribution in [0.3, 0.4) is 0 Å². The molecule has 0 fully saturated rings. The lowest BCUT2D eigenvalue weighted by Gasteiger charge is -2.08. The van der Waals surface area contributed by atoms with E-state index in [2.05, 4.69) is 37.6 Å². The van der Waals surface area contributed by atoms with Crippen LogP contribution in [-0.2, 0) is 0 Å². The largest absolute Gasteiger partial charge is 0.354 e. The molecule has 0 atom stereocenters. The average molecular weight is 301 g/mol. The molecule has 3 heterocycles. The van der Waals surface area contributed by atoms with Crippen molar-refractivity contribution >= 4 is 28.9 Å². The second-order valence-corrected chi connectivity index (χ2v) is 5.08. The summed E-state index contributed by atoms with van der Waals surface area (Å²) in [6.45, 7) is 2.90. The molecule has 0 saturated carbocycles. The number of nitrogens with one attached hydrogen (secondary N) is 2. The van der Waals surface area contributed by atoms with E-state index in [9.17, 15) is 0 Å². The van der Waals surface area contributed by atoms with Crippen molar-refractivity contribution in [3.8, 4) is 5.95 Å². The van der Waals surface area contributed by atoms with Crippen molar-refractivity contribution in [2.24, 2.45) is 0 Å². The predicted molar refractivity (Wildman–Crippen MR) is 83.3 cm³/mol. The zero-order valence-corrected chi connectivity index (χ0v) is 12.3. The average Bonchev–Trinajstić information content (AvgIpc) is 3.18. The smallest absolute Gasteiger partial charge is 0.257 e. The van der Waals surface area contributed by atoms with Crippen LogP contribution < -0.4 is 10.6 Å². The molecule has 21 heavy (non-hydrogen) atoms. The summed E-state index contributed by atoms with van der Waals surface area (Å²) in [4.78, 5) is 13.1. The molecule has 0 amide bonds. The first-order chi connectivity index (χ1) is 10.3. The highest BCUT2D eigenvalue weighted by Gasteiger charge is 2.08. The number of rotatable bonds is 6. The van der Waals surface area contributed by atoms with E-state index in [-0.39, 0.29) is 0 Å². The Morgan fingerprint density at radius 1 is 1.24 bits per heavy atom. The van der Waals surface area contributed by atoms with Gasteiger partial charge in [0, 0.05) is 24.3 Å². The van der Waals surface area contributed by atoms with Gasteiger partial charge in [0.05, 0.1) is 5.69 Å². The van der Waals surface area contributed by atoms with E-state index in [1.165, 1.54) is 0 Å². The van der Waals surface area contributed by atoms with Crippen molar-refractivity contribution in [3.05, 3.63) is 35.3 Å². The highest BCUT2D eigenvalue weighted by atomic mass is 32.1. The second-order valence-electron chi connectivity index (χ2n) is 4.30. The molecule has 108 valence electrons. The summed E-state index contributed by atoms with van der Waals surface area (Å²) in [7, 11) is 0. The molecule has 0 radical (unpaired) electrons. The molecule has 0 bridgehead atoms. The lowest BCUT2D eigenvalue weighted by Crippen LogP contribution is -2.11. The topological polar surface area (TPSA) is 80.5 Å². The fourth-order valence-electron chi connectivity index (χ4n) is 1.69. The fraction of sp³-hybridized carbons (Fsp3) is 0.231. The zero-order valence-electron chi connectivity index (χ0n) is 11.5. The van der Waals surface area contributed by atoms with Gasteiger partial charge in [-0.1, -0.05) is 6.92 Å². The molecule has 8 heteroatoms. The number of nitrogens with zero attached hydrogens (tertiary/aromatic N) is 5. The molecule has 0 saturated heterocycles. The highest BCUT2D eigenvalue weighted by molar-refractivity contribution is 7.08. The first-order valence-electron chi connectivity index (χ1n) is 6.64. The standard InChI is InChI=1S/C13H15N7S/c1-2-5-14-11-17-12(16-10-4-8-21-9-10)19-13(18-11)20-7-3-6-15-20/h3-4,6-9H,2,5H2,1H3,(H2,14,16,17,18,19). The molecule has 3 aromatic heterocycles. The molecular formula is C13H15N7S. The summed E-state index contributed by atoms with van der Waals surface area (Å²) in [5.41, 5.74) is 0.957. The van der Waals surface area contributed by atoms with Crippen LogP contribution in [0.5, 0.6) is 0 Å².